The molecule has 0 atom stereocenters. The van der Waals surface area contributed by atoms with E-state index in [9.17, 15) is 4.79 Å². The summed E-state index contributed by atoms with van der Waals surface area (Å²) in [5.74, 6) is 0.175. The maximum Gasteiger partial charge on any atom is 0.494 e. The van der Waals surface area contributed by atoms with E-state index in [1.54, 1.807) is 30.5 Å². The second-order valence-electron chi connectivity index (χ2n) is 6.77. The zero-order chi connectivity index (χ0) is 17.4. The normalized spacial score (nSPS) is 18.4. The van der Waals surface area contributed by atoms with Gasteiger partial charge in [-0.25, -0.2) is 0 Å². The molecule has 1 amide bonds. The molecule has 2 heterocycles. The molecule has 1 fully saturated rings. The maximum atomic E-state index is 12.2. The number of nitrogens with zero attached hydrogens (tertiary/aromatic N) is 2. The smallest absolute Gasteiger partial charge is 0.399 e. The molecule has 1 N–H and O–H groups in total. The molecule has 0 unspecified atom stereocenters. The molecule has 0 saturated carbocycles. The van der Waals surface area contributed by atoms with Crippen LogP contribution in [-0.4, -0.2) is 34.4 Å². The lowest BCUT2D eigenvalue weighted by atomic mass is 9.79. The van der Waals surface area contributed by atoms with Gasteiger partial charge in [-0.05, 0) is 57.4 Å². The Morgan fingerprint density at radius 3 is 2.21 bits per heavy atom. The molecule has 2 aromatic rings. The molecule has 1 aromatic carbocycles. The number of amides is 1. The topological polar surface area (TPSA) is 73.3 Å². The molecule has 7 heteroatoms. The van der Waals surface area contributed by atoms with Crippen LogP contribution in [0, 0.1) is 0 Å². The molecule has 3 rings (SSSR count). The third-order valence-corrected chi connectivity index (χ3v) is 4.51. The quantitative estimate of drug-likeness (QED) is 0.874. The Kier molecular flexibility index (Phi) is 4.15. The van der Waals surface area contributed by atoms with Gasteiger partial charge in [0.15, 0.2) is 5.82 Å². The average molecular weight is 325 g/mol. The van der Waals surface area contributed by atoms with Crippen LogP contribution in [0.3, 0.4) is 0 Å². The minimum absolute atomic E-state index is 0.240. The first-order chi connectivity index (χ1) is 11.3. The second kappa shape index (κ2) is 6.00. The van der Waals surface area contributed by atoms with Gasteiger partial charge in [-0.1, -0.05) is 12.1 Å². The highest BCUT2D eigenvalue weighted by atomic mass is 16.7. The highest BCUT2D eigenvalue weighted by molar-refractivity contribution is 6.62. The minimum Gasteiger partial charge on any atom is -0.399 e. The second-order valence-corrected chi connectivity index (χ2v) is 6.77. The first-order valence-corrected chi connectivity index (χ1v) is 7.83. The molecule has 1 saturated heterocycles. The van der Waals surface area contributed by atoms with E-state index in [2.05, 4.69) is 15.5 Å². The SMILES string of the molecule is CC1(C)OB(c2ccc(C(=O)Nc3cccnn3)cc2)OC1(C)C. The molecule has 0 bridgehead atoms. The van der Waals surface area contributed by atoms with E-state index in [0.717, 1.165) is 5.46 Å². The summed E-state index contributed by atoms with van der Waals surface area (Å²) in [4.78, 5) is 12.2. The lowest BCUT2D eigenvalue weighted by Gasteiger charge is -2.32. The van der Waals surface area contributed by atoms with Gasteiger partial charge in [0.05, 0.1) is 11.2 Å². The van der Waals surface area contributed by atoms with Crippen LogP contribution >= 0.6 is 0 Å². The summed E-state index contributed by atoms with van der Waals surface area (Å²) in [7, 11) is -0.438. The van der Waals surface area contributed by atoms with Gasteiger partial charge in [0, 0.05) is 11.8 Å². The van der Waals surface area contributed by atoms with Crippen LogP contribution in [0.4, 0.5) is 5.82 Å². The van der Waals surface area contributed by atoms with E-state index in [-0.39, 0.29) is 17.1 Å². The van der Waals surface area contributed by atoms with Crippen molar-refractivity contribution in [1.29, 1.82) is 0 Å². The Morgan fingerprint density at radius 1 is 1.04 bits per heavy atom. The van der Waals surface area contributed by atoms with Crippen molar-refractivity contribution in [3.05, 3.63) is 48.2 Å². The first kappa shape index (κ1) is 16.6. The van der Waals surface area contributed by atoms with Crippen LogP contribution in [0.25, 0.3) is 0 Å². The standard InChI is InChI=1S/C17H20BN3O3/c1-16(2)17(3,4)24-18(23-16)13-9-7-12(8-10-13)15(22)20-14-6-5-11-19-21-14/h5-11H,1-4H3,(H,20,21,22). The Morgan fingerprint density at radius 2 is 1.67 bits per heavy atom. The molecular formula is C17H20BN3O3. The average Bonchev–Trinajstić information content (AvgIpc) is 2.76. The molecule has 0 aliphatic carbocycles. The highest BCUT2D eigenvalue weighted by Gasteiger charge is 2.51. The zero-order valence-electron chi connectivity index (χ0n) is 14.2. The molecule has 0 radical (unpaired) electrons. The number of benzene rings is 1. The van der Waals surface area contributed by atoms with E-state index < -0.39 is 7.12 Å². The van der Waals surface area contributed by atoms with Crippen molar-refractivity contribution in [3.8, 4) is 0 Å². The number of rotatable bonds is 3. The van der Waals surface area contributed by atoms with Gasteiger partial charge in [0.1, 0.15) is 0 Å². The lowest BCUT2D eigenvalue weighted by molar-refractivity contribution is 0.00578. The van der Waals surface area contributed by atoms with E-state index >= 15 is 0 Å². The summed E-state index contributed by atoms with van der Waals surface area (Å²) in [6.45, 7) is 8.04. The van der Waals surface area contributed by atoms with Gasteiger partial charge in [-0.15, -0.1) is 5.10 Å². The van der Waals surface area contributed by atoms with Crippen LogP contribution in [0.2, 0.25) is 0 Å². The van der Waals surface area contributed by atoms with Crippen LogP contribution in [0.5, 0.6) is 0 Å². The maximum absolute atomic E-state index is 12.2. The third-order valence-electron chi connectivity index (χ3n) is 4.51. The fourth-order valence-electron chi connectivity index (χ4n) is 2.33. The number of carbonyl (C=O) groups is 1. The van der Waals surface area contributed by atoms with Gasteiger partial charge in [0.2, 0.25) is 0 Å². The Hall–Kier alpha value is -2.25. The molecule has 1 aliphatic heterocycles. The molecule has 24 heavy (non-hydrogen) atoms. The van der Waals surface area contributed by atoms with E-state index in [1.165, 1.54) is 0 Å². The molecule has 1 aromatic heterocycles. The summed E-state index contributed by atoms with van der Waals surface area (Å²) < 4.78 is 12.0. The molecule has 1 aliphatic rings. The predicted octanol–water partition coefficient (Wildman–Crippen LogP) is 2.03. The Balaban J connectivity index is 1.71. The van der Waals surface area contributed by atoms with Gasteiger partial charge in [-0.2, -0.15) is 5.10 Å². The lowest BCUT2D eigenvalue weighted by Crippen LogP contribution is -2.41. The summed E-state index contributed by atoms with van der Waals surface area (Å²) in [6, 6.07) is 10.6. The van der Waals surface area contributed by atoms with Gasteiger partial charge >= 0.3 is 7.12 Å². The predicted molar refractivity (Wildman–Crippen MR) is 92.1 cm³/mol. The number of hydrogen-bond donors (Lipinski definition) is 1. The Bertz CT molecular complexity index is 717. The van der Waals surface area contributed by atoms with Gasteiger partial charge in [-0.3, -0.25) is 4.79 Å². The molecule has 124 valence electrons. The minimum atomic E-state index is -0.438. The van der Waals surface area contributed by atoms with Crippen molar-refractivity contribution in [2.45, 2.75) is 38.9 Å². The summed E-state index contributed by atoms with van der Waals surface area (Å²) in [5.41, 5.74) is 0.630. The number of carbonyl (C=O) groups excluding carboxylic acids is 1. The molecule has 6 nitrogen and oxygen atoms in total. The molecular weight excluding hydrogens is 305 g/mol. The van der Waals surface area contributed by atoms with Crippen LogP contribution in [-0.2, 0) is 9.31 Å². The monoisotopic (exact) mass is 325 g/mol. The van der Waals surface area contributed by atoms with Gasteiger partial charge < -0.3 is 14.6 Å². The summed E-state index contributed by atoms with van der Waals surface area (Å²) in [6.07, 6.45) is 1.55. The van der Waals surface area contributed by atoms with E-state index in [1.807, 2.05) is 39.8 Å². The summed E-state index contributed by atoms with van der Waals surface area (Å²) >= 11 is 0. The van der Waals surface area contributed by atoms with Crippen LogP contribution < -0.4 is 10.8 Å². The number of aromatic nitrogens is 2. The van der Waals surface area contributed by atoms with Crippen molar-refractivity contribution >= 4 is 24.3 Å². The van der Waals surface area contributed by atoms with Crippen molar-refractivity contribution in [1.82, 2.24) is 10.2 Å². The number of hydrogen-bond acceptors (Lipinski definition) is 5. The van der Waals surface area contributed by atoms with Crippen molar-refractivity contribution in [2.75, 3.05) is 5.32 Å². The number of nitrogens with one attached hydrogen (secondary N) is 1. The zero-order valence-corrected chi connectivity index (χ0v) is 14.2. The van der Waals surface area contributed by atoms with Crippen molar-refractivity contribution in [2.24, 2.45) is 0 Å². The van der Waals surface area contributed by atoms with Crippen molar-refractivity contribution in [3.63, 3.8) is 0 Å². The highest BCUT2D eigenvalue weighted by Crippen LogP contribution is 2.36. The fourth-order valence-corrected chi connectivity index (χ4v) is 2.33. The first-order valence-electron chi connectivity index (χ1n) is 7.83. The van der Waals surface area contributed by atoms with Crippen LogP contribution in [0.15, 0.2) is 42.6 Å². The van der Waals surface area contributed by atoms with Gasteiger partial charge in [0.25, 0.3) is 5.91 Å². The summed E-state index contributed by atoms with van der Waals surface area (Å²) in [5, 5.41) is 10.3. The van der Waals surface area contributed by atoms with Crippen LogP contribution in [0.1, 0.15) is 38.1 Å². The van der Waals surface area contributed by atoms with E-state index in [4.69, 9.17) is 9.31 Å². The van der Waals surface area contributed by atoms with Crippen molar-refractivity contribution < 1.29 is 14.1 Å². The third kappa shape index (κ3) is 3.18. The molecule has 0 spiro atoms. The van der Waals surface area contributed by atoms with E-state index in [0.29, 0.717) is 11.4 Å². The Labute approximate surface area is 141 Å². The fraction of sp³-hybridized carbons (Fsp3) is 0.353. The number of anilines is 1. The largest absolute Gasteiger partial charge is 0.494 e.